The summed E-state index contributed by atoms with van der Waals surface area (Å²) in [7, 11) is 3.83. The van der Waals surface area contributed by atoms with Crippen molar-refractivity contribution in [3.63, 3.8) is 0 Å². The molecule has 0 radical (unpaired) electrons. The first-order valence-corrected chi connectivity index (χ1v) is 4.53. The predicted molar refractivity (Wildman–Crippen MR) is 57.6 cm³/mol. The molecule has 0 amide bonds. The van der Waals surface area contributed by atoms with Crippen LogP contribution in [0.5, 0.6) is 0 Å². The lowest BCUT2D eigenvalue weighted by Crippen LogP contribution is -2.11. The van der Waals surface area contributed by atoms with Crippen molar-refractivity contribution < 1.29 is 4.79 Å². The third kappa shape index (κ3) is 2.34. The Bertz CT molecular complexity index is 370. The fourth-order valence-electron chi connectivity index (χ4n) is 1.23. The van der Waals surface area contributed by atoms with Gasteiger partial charge in [-0.15, -0.1) is 0 Å². The van der Waals surface area contributed by atoms with E-state index >= 15 is 0 Å². The lowest BCUT2D eigenvalue weighted by molar-refractivity contribution is 0.563. The van der Waals surface area contributed by atoms with Crippen LogP contribution in [0.3, 0.4) is 0 Å². The van der Waals surface area contributed by atoms with E-state index in [1.165, 1.54) is 6.08 Å². The average Bonchev–Trinajstić information content (AvgIpc) is 2.15. The first kappa shape index (κ1) is 10.8. The molecule has 1 aromatic carbocycles. The van der Waals surface area contributed by atoms with E-state index in [2.05, 4.69) is 4.99 Å². The van der Waals surface area contributed by atoms with Crippen LogP contribution in [0.2, 0.25) is 5.02 Å². The van der Waals surface area contributed by atoms with Gasteiger partial charge in [0.1, 0.15) is 0 Å². The van der Waals surface area contributed by atoms with Gasteiger partial charge in [0, 0.05) is 30.4 Å². The second-order valence-corrected chi connectivity index (χ2v) is 3.45. The summed E-state index contributed by atoms with van der Waals surface area (Å²) >= 11 is 5.99. The summed E-state index contributed by atoms with van der Waals surface area (Å²) in [6.07, 6.45) is 1.51. The van der Waals surface area contributed by atoms with E-state index in [1.54, 1.807) is 6.07 Å². The number of hydrogen-bond donors (Lipinski definition) is 0. The Balaban J connectivity index is 3.14. The molecule has 0 N–H and O–H groups in total. The summed E-state index contributed by atoms with van der Waals surface area (Å²) in [5.41, 5.74) is 1.82. The van der Waals surface area contributed by atoms with Crippen molar-refractivity contribution >= 4 is 23.4 Å². The third-order valence-corrected chi connectivity index (χ3v) is 2.23. The van der Waals surface area contributed by atoms with E-state index in [4.69, 9.17) is 11.6 Å². The minimum absolute atomic E-state index is 0.274. The van der Waals surface area contributed by atoms with Gasteiger partial charge in [0.15, 0.2) is 0 Å². The molecule has 0 saturated heterocycles. The topological polar surface area (TPSA) is 32.7 Å². The van der Waals surface area contributed by atoms with E-state index < -0.39 is 0 Å². The highest BCUT2D eigenvalue weighted by Gasteiger charge is 2.07. The molecule has 0 aliphatic carbocycles. The summed E-state index contributed by atoms with van der Waals surface area (Å²) in [5, 5.41) is 0.621. The van der Waals surface area contributed by atoms with Crippen LogP contribution in [0, 0.1) is 0 Å². The minimum Gasteiger partial charge on any atom is -0.377 e. The SMILES string of the molecule is CN(C)c1cccc(Cl)c1CN=C=O. The van der Waals surface area contributed by atoms with Crippen LogP contribution in [0.25, 0.3) is 0 Å². The minimum atomic E-state index is 0.274. The molecule has 0 aromatic heterocycles. The van der Waals surface area contributed by atoms with Gasteiger partial charge in [-0.05, 0) is 12.1 Å². The summed E-state index contributed by atoms with van der Waals surface area (Å²) in [4.78, 5) is 15.5. The molecular weight excluding hydrogens is 200 g/mol. The molecule has 0 aliphatic rings. The highest BCUT2D eigenvalue weighted by Crippen LogP contribution is 2.26. The van der Waals surface area contributed by atoms with Crippen LogP contribution in [0.1, 0.15) is 5.56 Å². The Hall–Kier alpha value is -1.31. The monoisotopic (exact) mass is 210 g/mol. The highest BCUT2D eigenvalue weighted by molar-refractivity contribution is 6.31. The molecule has 1 aromatic rings. The van der Waals surface area contributed by atoms with Gasteiger partial charge >= 0.3 is 0 Å². The first-order chi connectivity index (χ1) is 6.66. The molecule has 0 heterocycles. The number of anilines is 1. The molecule has 4 heteroatoms. The Morgan fingerprint density at radius 1 is 1.50 bits per heavy atom. The number of hydrogen-bond acceptors (Lipinski definition) is 3. The zero-order chi connectivity index (χ0) is 10.6. The van der Waals surface area contributed by atoms with E-state index in [1.807, 2.05) is 31.1 Å². The van der Waals surface area contributed by atoms with E-state index in [-0.39, 0.29) is 6.54 Å². The molecule has 0 saturated carbocycles. The number of rotatable bonds is 3. The number of aliphatic imine (C=N–C) groups is 1. The van der Waals surface area contributed by atoms with Gasteiger partial charge in [0.25, 0.3) is 0 Å². The Labute approximate surface area is 88.0 Å². The van der Waals surface area contributed by atoms with Gasteiger partial charge in [0.2, 0.25) is 6.08 Å². The fraction of sp³-hybridized carbons (Fsp3) is 0.300. The van der Waals surface area contributed by atoms with E-state index in [9.17, 15) is 4.79 Å². The standard InChI is InChI=1S/C10H11ClN2O/c1-13(2)10-5-3-4-9(11)8(10)6-12-7-14/h3-5H,6H2,1-2H3. The summed E-state index contributed by atoms with van der Waals surface area (Å²) in [6, 6.07) is 5.58. The van der Waals surface area contributed by atoms with Crippen molar-refractivity contribution in [1.29, 1.82) is 0 Å². The molecule has 0 fully saturated rings. The Kier molecular flexibility index (Phi) is 3.69. The molecule has 0 atom stereocenters. The van der Waals surface area contributed by atoms with Crippen molar-refractivity contribution in [3.05, 3.63) is 28.8 Å². The second-order valence-electron chi connectivity index (χ2n) is 3.04. The molecule has 0 unspecified atom stereocenters. The smallest absolute Gasteiger partial charge is 0.235 e. The normalized spacial score (nSPS) is 9.36. The fourth-order valence-corrected chi connectivity index (χ4v) is 1.46. The maximum atomic E-state index is 10.0. The summed E-state index contributed by atoms with van der Waals surface area (Å²) in [6.45, 7) is 0.274. The van der Waals surface area contributed by atoms with Crippen molar-refractivity contribution in [2.24, 2.45) is 4.99 Å². The molecule has 3 nitrogen and oxygen atoms in total. The Morgan fingerprint density at radius 2 is 2.21 bits per heavy atom. The summed E-state index contributed by atoms with van der Waals surface area (Å²) in [5.74, 6) is 0. The van der Waals surface area contributed by atoms with Crippen LogP contribution in [-0.4, -0.2) is 20.2 Å². The van der Waals surface area contributed by atoms with Gasteiger partial charge in [-0.25, -0.2) is 9.79 Å². The van der Waals surface area contributed by atoms with Crippen molar-refractivity contribution in [2.45, 2.75) is 6.54 Å². The van der Waals surface area contributed by atoms with Crippen LogP contribution in [0.4, 0.5) is 5.69 Å². The predicted octanol–water partition coefficient (Wildman–Crippen LogP) is 2.24. The van der Waals surface area contributed by atoms with Crippen molar-refractivity contribution in [3.8, 4) is 0 Å². The van der Waals surface area contributed by atoms with Crippen LogP contribution in [0.15, 0.2) is 23.2 Å². The lowest BCUT2D eigenvalue weighted by Gasteiger charge is -2.16. The number of nitrogens with zero attached hydrogens (tertiary/aromatic N) is 2. The first-order valence-electron chi connectivity index (χ1n) is 4.15. The molecule has 0 spiro atoms. The highest BCUT2D eigenvalue weighted by atomic mass is 35.5. The molecule has 0 bridgehead atoms. The van der Waals surface area contributed by atoms with Gasteiger partial charge in [-0.1, -0.05) is 17.7 Å². The molecule has 1 rings (SSSR count). The van der Waals surface area contributed by atoms with Crippen molar-refractivity contribution in [1.82, 2.24) is 0 Å². The Morgan fingerprint density at radius 3 is 2.79 bits per heavy atom. The van der Waals surface area contributed by atoms with Gasteiger partial charge in [-0.2, -0.15) is 0 Å². The molecular formula is C10H11ClN2O. The lowest BCUT2D eigenvalue weighted by atomic mass is 10.1. The summed E-state index contributed by atoms with van der Waals surface area (Å²) < 4.78 is 0. The van der Waals surface area contributed by atoms with Crippen LogP contribution >= 0.6 is 11.6 Å². The average molecular weight is 211 g/mol. The number of benzene rings is 1. The second kappa shape index (κ2) is 4.80. The van der Waals surface area contributed by atoms with E-state index in [0.717, 1.165) is 11.3 Å². The zero-order valence-corrected chi connectivity index (χ0v) is 8.88. The molecule has 0 aliphatic heterocycles. The third-order valence-electron chi connectivity index (χ3n) is 1.88. The van der Waals surface area contributed by atoms with E-state index in [0.29, 0.717) is 5.02 Å². The van der Waals surface area contributed by atoms with Crippen molar-refractivity contribution in [2.75, 3.05) is 19.0 Å². The van der Waals surface area contributed by atoms with Gasteiger partial charge < -0.3 is 4.90 Å². The van der Waals surface area contributed by atoms with Crippen LogP contribution < -0.4 is 4.90 Å². The quantitative estimate of drug-likeness (QED) is 0.566. The number of carbonyl (C=O) groups excluding carboxylic acids is 1. The number of isocyanates is 1. The molecule has 74 valence electrons. The molecule has 14 heavy (non-hydrogen) atoms. The zero-order valence-electron chi connectivity index (χ0n) is 8.12. The maximum Gasteiger partial charge on any atom is 0.235 e. The van der Waals surface area contributed by atoms with Gasteiger partial charge in [-0.3, -0.25) is 0 Å². The largest absolute Gasteiger partial charge is 0.377 e. The number of halogens is 1. The maximum absolute atomic E-state index is 10.0. The van der Waals surface area contributed by atoms with Gasteiger partial charge in [0.05, 0.1) is 6.54 Å². The van der Waals surface area contributed by atoms with Crippen LogP contribution in [-0.2, 0) is 11.3 Å².